The van der Waals surface area contributed by atoms with Crippen LogP contribution in [0.2, 0.25) is 0 Å². The van der Waals surface area contributed by atoms with Crippen LogP contribution in [0.4, 0.5) is 0 Å². The Morgan fingerprint density at radius 1 is 1.38 bits per heavy atom. The first kappa shape index (κ1) is 11.6. The van der Waals surface area contributed by atoms with Gasteiger partial charge in [-0.25, -0.2) is 0 Å². The van der Waals surface area contributed by atoms with E-state index in [9.17, 15) is 0 Å². The maximum absolute atomic E-state index is 9.14. The molecule has 0 radical (unpaired) electrons. The summed E-state index contributed by atoms with van der Waals surface area (Å²) in [6.45, 7) is 4.68. The molecule has 88 valence electrons. The molecule has 0 spiro atoms. The normalized spacial score (nSPS) is 26.9. The molecule has 0 amide bonds. The quantitative estimate of drug-likeness (QED) is 0.811. The number of hydrogen-bond acceptors (Lipinski definition) is 2. The third-order valence-electron chi connectivity index (χ3n) is 4.04. The second-order valence-electron chi connectivity index (χ2n) is 4.86. The van der Waals surface area contributed by atoms with E-state index in [4.69, 9.17) is 5.11 Å². The van der Waals surface area contributed by atoms with Crippen LogP contribution in [0.3, 0.4) is 0 Å². The summed E-state index contributed by atoms with van der Waals surface area (Å²) < 4.78 is 0. The van der Waals surface area contributed by atoms with Crippen LogP contribution in [0, 0.1) is 5.92 Å². The molecule has 2 rings (SSSR count). The van der Waals surface area contributed by atoms with Crippen LogP contribution < -0.4 is 5.32 Å². The minimum absolute atomic E-state index is 0.226. The summed E-state index contributed by atoms with van der Waals surface area (Å²) in [6, 6.07) is 10.7. The number of hydrogen-bond donors (Lipinski definition) is 2. The summed E-state index contributed by atoms with van der Waals surface area (Å²) in [5, 5.41) is 12.6. The molecular weight excluding hydrogens is 198 g/mol. The highest BCUT2D eigenvalue weighted by Crippen LogP contribution is 2.39. The summed E-state index contributed by atoms with van der Waals surface area (Å²) in [6.07, 6.45) is 2.06. The fraction of sp³-hybridized carbons (Fsp3) is 0.571. The fourth-order valence-corrected chi connectivity index (χ4v) is 2.90. The van der Waals surface area contributed by atoms with Gasteiger partial charge in [0.1, 0.15) is 0 Å². The van der Waals surface area contributed by atoms with E-state index in [0.29, 0.717) is 5.92 Å². The molecule has 0 saturated carbocycles. The van der Waals surface area contributed by atoms with Gasteiger partial charge in [-0.2, -0.15) is 0 Å². The Labute approximate surface area is 97.7 Å². The molecule has 1 saturated heterocycles. The number of aliphatic hydroxyl groups excluding tert-OH is 1. The number of nitrogens with one attached hydrogen (secondary N) is 1. The van der Waals surface area contributed by atoms with E-state index in [-0.39, 0.29) is 12.0 Å². The van der Waals surface area contributed by atoms with Crippen molar-refractivity contribution in [2.24, 2.45) is 5.92 Å². The molecule has 2 nitrogen and oxygen atoms in total. The molecule has 2 atom stereocenters. The van der Waals surface area contributed by atoms with Gasteiger partial charge in [-0.15, -0.1) is 0 Å². The number of benzene rings is 1. The maximum Gasteiger partial charge on any atom is 0.0433 e. The third kappa shape index (κ3) is 2.00. The van der Waals surface area contributed by atoms with Gasteiger partial charge >= 0.3 is 0 Å². The second kappa shape index (κ2) is 4.98. The van der Waals surface area contributed by atoms with E-state index < -0.39 is 0 Å². The lowest BCUT2D eigenvalue weighted by Gasteiger charge is -2.35. The molecule has 2 heteroatoms. The molecule has 2 N–H and O–H groups in total. The van der Waals surface area contributed by atoms with E-state index in [1.165, 1.54) is 12.0 Å². The smallest absolute Gasteiger partial charge is 0.0433 e. The highest BCUT2D eigenvalue weighted by molar-refractivity contribution is 5.28. The summed E-state index contributed by atoms with van der Waals surface area (Å²) in [7, 11) is 0. The molecule has 1 fully saturated rings. The van der Waals surface area contributed by atoms with Crippen molar-refractivity contribution in [3.8, 4) is 0 Å². The van der Waals surface area contributed by atoms with Gasteiger partial charge in [-0.3, -0.25) is 0 Å². The van der Waals surface area contributed by atoms with Gasteiger partial charge in [0.15, 0.2) is 0 Å². The predicted octanol–water partition coefficient (Wildman–Crippen LogP) is 1.94. The zero-order valence-electron chi connectivity index (χ0n) is 9.95. The Kier molecular flexibility index (Phi) is 3.62. The summed E-state index contributed by atoms with van der Waals surface area (Å²) in [5.74, 6) is 0.523. The second-order valence-corrected chi connectivity index (χ2v) is 4.86. The summed E-state index contributed by atoms with van der Waals surface area (Å²) in [5.41, 5.74) is 1.64. The Balaban J connectivity index is 2.28. The predicted molar refractivity (Wildman–Crippen MR) is 66.5 cm³/mol. The SMILES string of the molecule is CC(CCO)C1(c2ccccc2)CCNC1. The fourth-order valence-electron chi connectivity index (χ4n) is 2.90. The Hall–Kier alpha value is -0.860. The van der Waals surface area contributed by atoms with Crippen LogP contribution in [0.1, 0.15) is 25.3 Å². The highest BCUT2D eigenvalue weighted by Gasteiger charge is 2.39. The van der Waals surface area contributed by atoms with Crippen LogP contribution >= 0.6 is 0 Å². The molecular formula is C14H21NO. The lowest BCUT2D eigenvalue weighted by atomic mass is 9.69. The van der Waals surface area contributed by atoms with Crippen molar-refractivity contribution in [1.82, 2.24) is 5.32 Å². The topological polar surface area (TPSA) is 32.3 Å². The van der Waals surface area contributed by atoms with Crippen LogP contribution in [0.25, 0.3) is 0 Å². The van der Waals surface area contributed by atoms with E-state index in [1.807, 2.05) is 0 Å². The average molecular weight is 219 g/mol. The molecule has 0 bridgehead atoms. The van der Waals surface area contributed by atoms with Gasteiger partial charge in [0.2, 0.25) is 0 Å². The maximum atomic E-state index is 9.14. The van der Waals surface area contributed by atoms with Crippen LogP contribution in [-0.2, 0) is 5.41 Å². The Morgan fingerprint density at radius 2 is 2.12 bits per heavy atom. The Morgan fingerprint density at radius 3 is 2.69 bits per heavy atom. The van der Waals surface area contributed by atoms with E-state index in [0.717, 1.165) is 19.5 Å². The molecule has 1 aliphatic rings. The van der Waals surface area contributed by atoms with Gasteiger partial charge in [0, 0.05) is 18.6 Å². The molecule has 1 aliphatic heterocycles. The zero-order valence-corrected chi connectivity index (χ0v) is 9.95. The molecule has 1 heterocycles. The van der Waals surface area contributed by atoms with Crippen molar-refractivity contribution in [2.45, 2.75) is 25.2 Å². The first-order chi connectivity index (χ1) is 7.79. The first-order valence-electron chi connectivity index (χ1n) is 6.17. The van der Waals surface area contributed by atoms with Gasteiger partial charge in [-0.1, -0.05) is 37.3 Å². The first-order valence-corrected chi connectivity index (χ1v) is 6.17. The third-order valence-corrected chi connectivity index (χ3v) is 4.04. The molecule has 2 unspecified atom stereocenters. The van der Waals surface area contributed by atoms with Gasteiger partial charge < -0.3 is 10.4 Å². The van der Waals surface area contributed by atoms with Crippen LogP contribution in [0.15, 0.2) is 30.3 Å². The van der Waals surface area contributed by atoms with Gasteiger partial charge in [0.05, 0.1) is 0 Å². The average Bonchev–Trinajstić information content (AvgIpc) is 2.81. The van der Waals surface area contributed by atoms with Crippen molar-refractivity contribution in [1.29, 1.82) is 0 Å². The minimum atomic E-state index is 0.226. The lowest BCUT2D eigenvalue weighted by molar-refractivity contribution is 0.213. The van der Waals surface area contributed by atoms with Crippen LogP contribution in [0.5, 0.6) is 0 Å². The zero-order chi connectivity index (χ0) is 11.4. The largest absolute Gasteiger partial charge is 0.396 e. The van der Waals surface area contributed by atoms with Crippen molar-refractivity contribution in [3.05, 3.63) is 35.9 Å². The molecule has 1 aromatic rings. The standard InChI is InChI=1S/C14H21NO/c1-12(7-10-16)14(8-9-15-11-14)13-5-3-2-4-6-13/h2-6,12,15-16H,7-11H2,1H3. The summed E-state index contributed by atoms with van der Waals surface area (Å²) >= 11 is 0. The van der Waals surface area contributed by atoms with Gasteiger partial charge in [0.25, 0.3) is 0 Å². The van der Waals surface area contributed by atoms with Crippen LogP contribution in [-0.4, -0.2) is 24.8 Å². The van der Waals surface area contributed by atoms with Crippen molar-refractivity contribution in [3.63, 3.8) is 0 Å². The van der Waals surface area contributed by atoms with Crippen molar-refractivity contribution >= 4 is 0 Å². The Bertz CT molecular complexity index is 317. The molecule has 16 heavy (non-hydrogen) atoms. The molecule has 0 aliphatic carbocycles. The lowest BCUT2D eigenvalue weighted by Crippen LogP contribution is -2.36. The molecule has 1 aromatic carbocycles. The molecule has 0 aromatic heterocycles. The van der Waals surface area contributed by atoms with Crippen molar-refractivity contribution in [2.75, 3.05) is 19.7 Å². The minimum Gasteiger partial charge on any atom is -0.396 e. The van der Waals surface area contributed by atoms with Gasteiger partial charge in [-0.05, 0) is 30.9 Å². The highest BCUT2D eigenvalue weighted by atomic mass is 16.3. The van der Waals surface area contributed by atoms with E-state index in [1.54, 1.807) is 0 Å². The van der Waals surface area contributed by atoms with E-state index >= 15 is 0 Å². The monoisotopic (exact) mass is 219 g/mol. The summed E-state index contributed by atoms with van der Waals surface area (Å²) in [4.78, 5) is 0. The number of aliphatic hydroxyl groups is 1. The number of rotatable bonds is 4. The van der Waals surface area contributed by atoms with Crippen molar-refractivity contribution < 1.29 is 5.11 Å². The van der Waals surface area contributed by atoms with E-state index in [2.05, 4.69) is 42.6 Å².